The Bertz CT molecular complexity index is 261. The molecule has 1 atom stereocenters. The zero-order valence-corrected chi connectivity index (χ0v) is 9.98. The Hall–Kier alpha value is -0.170. The Morgan fingerprint density at radius 1 is 1.47 bits per heavy atom. The van der Waals surface area contributed by atoms with E-state index in [-0.39, 0.29) is 5.25 Å². The average Bonchev–Trinajstić information content (AvgIpc) is 2.70. The second-order valence-corrected chi connectivity index (χ2v) is 5.80. The molecule has 0 aromatic heterocycles. The molecule has 15 heavy (non-hydrogen) atoms. The first kappa shape index (κ1) is 12.9. The molecule has 6 heteroatoms. The molecule has 1 fully saturated rings. The molecular formula is C9H20N2O3S. The molecule has 0 aromatic carbocycles. The average molecular weight is 236 g/mol. The van der Waals surface area contributed by atoms with Gasteiger partial charge in [-0.25, -0.2) is 13.1 Å². The van der Waals surface area contributed by atoms with Crippen LogP contribution in [0.2, 0.25) is 0 Å². The number of hydrogen-bond acceptors (Lipinski definition) is 4. The van der Waals surface area contributed by atoms with E-state index >= 15 is 0 Å². The number of nitrogens with one attached hydrogen (secondary N) is 2. The molecule has 0 aromatic rings. The molecule has 0 aliphatic carbocycles. The number of hydrogen-bond donors (Lipinski definition) is 2. The van der Waals surface area contributed by atoms with E-state index in [0.717, 1.165) is 19.4 Å². The predicted molar refractivity (Wildman–Crippen MR) is 59.3 cm³/mol. The molecule has 0 spiro atoms. The standard InChI is InChI=1S/C9H20N2O3S/c1-14-7-3-2-5-11-15(12,13)9-4-6-10-8-9/h9-11H,2-8H2,1H3. The third-order valence-electron chi connectivity index (χ3n) is 2.53. The van der Waals surface area contributed by atoms with Gasteiger partial charge in [0.05, 0.1) is 5.25 Å². The van der Waals surface area contributed by atoms with Crippen LogP contribution in [-0.2, 0) is 14.8 Å². The lowest BCUT2D eigenvalue weighted by atomic mass is 10.3. The van der Waals surface area contributed by atoms with Crippen molar-refractivity contribution < 1.29 is 13.2 Å². The van der Waals surface area contributed by atoms with Crippen molar-refractivity contribution in [1.82, 2.24) is 10.0 Å². The highest BCUT2D eigenvalue weighted by molar-refractivity contribution is 7.90. The Morgan fingerprint density at radius 3 is 2.87 bits per heavy atom. The van der Waals surface area contributed by atoms with Gasteiger partial charge >= 0.3 is 0 Å². The van der Waals surface area contributed by atoms with Crippen molar-refractivity contribution >= 4 is 10.0 Å². The van der Waals surface area contributed by atoms with Crippen molar-refractivity contribution in [1.29, 1.82) is 0 Å². The first-order chi connectivity index (χ1) is 7.17. The lowest BCUT2D eigenvalue weighted by molar-refractivity contribution is 0.193. The van der Waals surface area contributed by atoms with E-state index in [2.05, 4.69) is 10.0 Å². The molecule has 1 aliphatic heterocycles. The van der Waals surface area contributed by atoms with E-state index < -0.39 is 10.0 Å². The van der Waals surface area contributed by atoms with Gasteiger partial charge in [-0.3, -0.25) is 0 Å². The third-order valence-corrected chi connectivity index (χ3v) is 4.42. The van der Waals surface area contributed by atoms with Crippen molar-refractivity contribution in [3.05, 3.63) is 0 Å². The molecule has 1 rings (SSSR count). The van der Waals surface area contributed by atoms with Crippen LogP contribution in [0.5, 0.6) is 0 Å². The van der Waals surface area contributed by atoms with Gasteiger partial charge in [-0.15, -0.1) is 0 Å². The van der Waals surface area contributed by atoms with Gasteiger partial charge in [-0.1, -0.05) is 0 Å². The molecule has 2 N–H and O–H groups in total. The second-order valence-electron chi connectivity index (χ2n) is 3.75. The highest BCUT2D eigenvalue weighted by Gasteiger charge is 2.27. The Balaban J connectivity index is 2.18. The van der Waals surface area contributed by atoms with E-state index in [1.54, 1.807) is 7.11 Å². The van der Waals surface area contributed by atoms with Crippen molar-refractivity contribution in [2.24, 2.45) is 0 Å². The highest BCUT2D eigenvalue weighted by Crippen LogP contribution is 2.08. The fraction of sp³-hybridized carbons (Fsp3) is 1.00. The third kappa shape index (κ3) is 4.46. The quantitative estimate of drug-likeness (QED) is 0.595. The van der Waals surface area contributed by atoms with E-state index in [9.17, 15) is 8.42 Å². The van der Waals surface area contributed by atoms with Crippen molar-refractivity contribution in [3.8, 4) is 0 Å². The number of ether oxygens (including phenoxy) is 1. The number of unbranched alkanes of at least 4 members (excludes halogenated alkanes) is 1. The van der Waals surface area contributed by atoms with Crippen LogP contribution in [0.3, 0.4) is 0 Å². The van der Waals surface area contributed by atoms with Crippen LogP contribution in [-0.4, -0.2) is 47.0 Å². The largest absolute Gasteiger partial charge is 0.385 e. The Morgan fingerprint density at radius 2 is 2.27 bits per heavy atom. The summed E-state index contributed by atoms with van der Waals surface area (Å²) in [4.78, 5) is 0. The topological polar surface area (TPSA) is 67.4 Å². The van der Waals surface area contributed by atoms with Gasteiger partial charge in [-0.2, -0.15) is 0 Å². The van der Waals surface area contributed by atoms with Crippen molar-refractivity contribution in [2.45, 2.75) is 24.5 Å². The molecule has 90 valence electrons. The maximum atomic E-state index is 11.7. The van der Waals surface area contributed by atoms with E-state index in [0.29, 0.717) is 26.1 Å². The lowest BCUT2D eigenvalue weighted by Crippen LogP contribution is -2.36. The molecule has 5 nitrogen and oxygen atoms in total. The van der Waals surface area contributed by atoms with Gasteiger partial charge in [0, 0.05) is 26.8 Å². The van der Waals surface area contributed by atoms with Crippen LogP contribution in [0.25, 0.3) is 0 Å². The molecule has 1 aliphatic rings. The van der Waals surface area contributed by atoms with E-state index in [1.807, 2.05) is 0 Å². The summed E-state index contributed by atoms with van der Waals surface area (Å²) in [6.45, 7) is 2.58. The van der Waals surface area contributed by atoms with Gasteiger partial charge in [-0.05, 0) is 25.8 Å². The zero-order valence-electron chi connectivity index (χ0n) is 9.16. The molecule has 1 unspecified atom stereocenters. The van der Waals surface area contributed by atoms with Gasteiger partial charge in [0.2, 0.25) is 10.0 Å². The van der Waals surface area contributed by atoms with Crippen LogP contribution in [0, 0.1) is 0 Å². The van der Waals surface area contributed by atoms with Crippen LogP contribution >= 0.6 is 0 Å². The monoisotopic (exact) mass is 236 g/mol. The molecular weight excluding hydrogens is 216 g/mol. The lowest BCUT2D eigenvalue weighted by Gasteiger charge is -2.11. The maximum absolute atomic E-state index is 11.7. The van der Waals surface area contributed by atoms with Gasteiger partial charge in [0.1, 0.15) is 0 Å². The summed E-state index contributed by atoms with van der Waals surface area (Å²) in [5.74, 6) is 0. The van der Waals surface area contributed by atoms with Gasteiger partial charge in [0.25, 0.3) is 0 Å². The summed E-state index contributed by atoms with van der Waals surface area (Å²) in [7, 11) is -1.45. The second kappa shape index (κ2) is 6.42. The minimum Gasteiger partial charge on any atom is -0.385 e. The fourth-order valence-electron chi connectivity index (χ4n) is 1.60. The van der Waals surface area contributed by atoms with Gasteiger partial charge in [0.15, 0.2) is 0 Å². The first-order valence-corrected chi connectivity index (χ1v) is 6.89. The Labute approximate surface area is 91.6 Å². The van der Waals surface area contributed by atoms with Crippen LogP contribution in [0.1, 0.15) is 19.3 Å². The Kier molecular flexibility index (Phi) is 5.52. The molecule has 1 saturated heterocycles. The van der Waals surface area contributed by atoms with Crippen molar-refractivity contribution in [2.75, 3.05) is 33.4 Å². The number of rotatable bonds is 7. The molecule has 0 bridgehead atoms. The van der Waals surface area contributed by atoms with Crippen LogP contribution < -0.4 is 10.0 Å². The van der Waals surface area contributed by atoms with Crippen LogP contribution in [0.4, 0.5) is 0 Å². The normalized spacial score (nSPS) is 22.1. The summed E-state index contributed by atoms with van der Waals surface area (Å²) in [6, 6.07) is 0. The number of sulfonamides is 1. The smallest absolute Gasteiger partial charge is 0.215 e. The van der Waals surface area contributed by atoms with E-state index in [1.165, 1.54) is 0 Å². The summed E-state index contributed by atoms with van der Waals surface area (Å²) < 4.78 is 30.9. The molecule has 0 saturated carbocycles. The highest BCUT2D eigenvalue weighted by atomic mass is 32.2. The maximum Gasteiger partial charge on any atom is 0.215 e. The zero-order chi connectivity index (χ0) is 11.1. The first-order valence-electron chi connectivity index (χ1n) is 5.35. The SMILES string of the molecule is COCCCCNS(=O)(=O)C1CCNC1. The number of methoxy groups -OCH3 is 1. The molecule has 0 radical (unpaired) electrons. The molecule has 0 amide bonds. The fourth-order valence-corrected chi connectivity index (χ4v) is 3.03. The van der Waals surface area contributed by atoms with Crippen molar-refractivity contribution in [3.63, 3.8) is 0 Å². The summed E-state index contributed by atoms with van der Waals surface area (Å²) in [6.07, 6.45) is 2.43. The minimum atomic E-state index is -3.10. The summed E-state index contributed by atoms with van der Waals surface area (Å²) >= 11 is 0. The van der Waals surface area contributed by atoms with Gasteiger partial charge < -0.3 is 10.1 Å². The van der Waals surface area contributed by atoms with E-state index in [4.69, 9.17) is 4.74 Å². The predicted octanol–water partition coefficient (Wildman–Crippen LogP) is -0.306. The summed E-state index contributed by atoms with van der Waals surface area (Å²) in [5, 5.41) is 2.80. The summed E-state index contributed by atoms with van der Waals surface area (Å²) in [5.41, 5.74) is 0. The minimum absolute atomic E-state index is 0.250. The van der Waals surface area contributed by atoms with Crippen LogP contribution in [0.15, 0.2) is 0 Å². The molecule has 1 heterocycles.